The van der Waals surface area contributed by atoms with Crippen molar-refractivity contribution in [3.63, 3.8) is 0 Å². The first-order chi connectivity index (χ1) is 6.96. The molecule has 1 aliphatic heterocycles. The van der Waals surface area contributed by atoms with Gasteiger partial charge in [0.05, 0.1) is 11.4 Å². The fourth-order valence-electron chi connectivity index (χ4n) is 2.05. The van der Waals surface area contributed by atoms with Crippen LogP contribution in [0.1, 0.15) is 26.3 Å². The summed E-state index contributed by atoms with van der Waals surface area (Å²) in [5, 5.41) is 13.8. The van der Waals surface area contributed by atoms with Gasteiger partial charge in [0.2, 0.25) is 5.72 Å². The second-order valence-electron chi connectivity index (χ2n) is 4.49. The highest BCUT2D eigenvalue weighted by molar-refractivity contribution is 5.83. The highest BCUT2D eigenvalue weighted by Gasteiger charge is 2.49. The van der Waals surface area contributed by atoms with E-state index in [0.717, 1.165) is 11.4 Å². The van der Waals surface area contributed by atoms with E-state index in [1.165, 1.54) is 0 Å². The lowest BCUT2D eigenvalue weighted by atomic mass is 9.86. The molecule has 0 radical (unpaired) electrons. The van der Waals surface area contributed by atoms with Crippen LogP contribution in [0.5, 0.6) is 0 Å². The Morgan fingerprint density at radius 1 is 1.20 bits per heavy atom. The van der Waals surface area contributed by atoms with Crippen LogP contribution in [0.25, 0.3) is 0 Å². The number of amidine groups is 1. The molecule has 1 atom stereocenters. The molecule has 0 amide bonds. The van der Waals surface area contributed by atoms with E-state index in [4.69, 9.17) is 0 Å². The molecule has 2 rings (SSSR count). The van der Waals surface area contributed by atoms with Gasteiger partial charge in [0.15, 0.2) is 0 Å². The van der Waals surface area contributed by atoms with Gasteiger partial charge in [0.25, 0.3) is 0 Å². The van der Waals surface area contributed by atoms with E-state index in [0.29, 0.717) is 0 Å². The molecular formula is C12H16N2O. The molecule has 0 spiro atoms. The third-order valence-corrected chi connectivity index (χ3v) is 2.87. The van der Waals surface area contributed by atoms with E-state index in [1.807, 2.05) is 51.1 Å². The van der Waals surface area contributed by atoms with Gasteiger partial charge in [0, 0.05) is 5.56 Å². The molecule has 1 aromatic carbocycles. The molecule has 1 heterocycles. The summed E-state index contributed by atoms with van der Waals surface area (Å²) in [7, 11) is 0. The summed E-state index contributed by atoms with van der Waals surface area (Å²) < 4.78 is 0. The summed E-state index contributed by atoms with van der Waals surface area (Å²) in [4.78, 5) is 4.30. The molecular weight excluding hydrogens is 188 g/mol. The van der Waals surface area contributed by atoms with Crippen LogP contribution < -0.4 is 5.32 Å². The molecule has 0 aliphatic carbocycles. The maximum atomic E-state index is 10.6. The minimum Gasteiger partial charge on any atom is -0.364 e. The molecule has 1 aliphatic rings. The minimum absolute atomic E-state index is 0.474. The van der Waals surface area contributed by atoms with Crippen LogP contribution in [0.2, 0.25) is 0 Å². The molecule has 0 aromatic heterocycles. The Morgan fingerprint density at radius 3 is 2.27 bits per heavy atom. The number of hydrogen-bond acceptors (Lipinski definition) is 3. The Labute approximate surface area is 89.9 Å². The second-order valence-corrected chi connectivity index (χ2v) is 4.49. The van der Waals surface area contributed by atoms with Crippen LogP contribution >= 0.6 is 0 Å². The topological polar surface area (TPSA) is 44.6 Å². The molecule has 0 saturated carbocycles. The fraction of sp³-hybridized carbons (Fsp3) is 0.417. The summed E-state index contributed by atoms with van der Waals surface area (Å²) in [6, 6.07) is 9.54. The highest BCUT2D eigenvalue weighted by atomic mass is 16.3. The lowest BCUT2D eigenvalue weighted by Gasteiger charge is -2.34. The van der Waals surface area contributed by atoms with E-state index in [9.17, 15) is 5.11 Å². The van der Waals surface area contributed by atoms with Crippen molar-refractivity contribution in [2.24, 2.45) is 4.99 Å². The standard InChI is InChI=1S/C12H16N2O/c1-9-13-11(2,3)12(15,14-9)10-7-5-4-6-8-10/h4-8,15H,1-3H3,(H,13,14). The predicted molar refractivity (Wildman–Crippen MR) is 60.7 cm³/mol. The Hall–Kier alpha value is -1.35. The summed E-state index contributed by atoms with van der Waals surface area (Å²) in [5.41, 5.74) is -0.823. The average molecular weight is 204 g/mol. The van der Waals surface area contributed by atoms with Crippen LogP contribution in [0, 0.1) is 0 Å². The van der Waals surface area contributed by atoms with Crippen LogP contribution in [-0.2, 0) is 5.72 Å². The van der Waals surface area contributed by atoms with Crippen molar-refractivity contribution < 1.29 is 5.11 Å². The quantitative estimate of drug-likeness (QED) is 0.730. The lowest BCUT2D eigenvalue weighted by Crippen LogP contribution is -2.51. The van der Waals surface area contributed by atoms with E-state index in [-0.39, 0.29) is 0 Å². The van der Waals surface area contributed by atoms with Crippen molar-refractivity contribution in [3.8, 4) is 0 Å². The zero-order valence-electron chi connectivity index (χ0n) is 9.28. The summed E-state index contributed by atoms with van der Waals surface area (Å²) >= 11 is 0. The van der Waals surface area contributed by atoms with Crippen molar-refractivity contribution in [2.45, 2.75) is 32.0 Å². The van der Waals surface area contributed by atoms with Crippen molar-refractivity contribution in [2.75, 3.05) is 0 Å². The molecule has 3 heteroatoms. The monoisotopic (exact) mass is 204 g/mol. The van der Waals surface area contributed by atoms with Gasteiger partial charge in [-0.3, -0.25) is 0 Å². The lowest BCUT2D eigenvalue weighted by molar-refractivity contribution is -0.0147. The van der Waals surface area contributed by atoms with Gasteiger partial charge in [-0.15, -0.1) is 0 Å². The van der Waals surface area contributed by atoms with Gasteiger partial charge < -0.3 is 10.4 Å². The van der Waals surface area contributed by atoms with Gasteiger partial charge in [-0.05, 0) is 20.8 Å². The molecule has 1 aromatic rings. The zero-order valence-corrected chi connectivity index (χ0v) is 9.28. The molecule has 2 N–H and O–H groups in total. The number of nitrogens with one attached hydrogen (secondary N) is 1. The van der Waals surface area contributed by atoms with Crippen molar-refractivity contribution >= 4 is 5.84 Å². The van der Waals surface area contributed by atoms with Gasteiger partial charge in [-0.1, -0.05) is 30.3 Å². The molecule has 15 heavy (non-hydrogen) atoms. The Balaban J connectivity index is 2.51. The normalized spacial score (nSPS) is 28.4. The molecule has 0 fully saturated rings. The van der Waals surface area contributed by atoms with E-state index in [1.54, 1.807) is 0 Å². The van der Waals surface area contributed by atoms with E-state index >= 15 is 0 Å². The average Bonchev–Trinajstić information content (AvgIpc) is 2.38. The first-order valence-electron chi connectivity index (χ1n) is 5.08. The number of benzene rings is 1. The number of hydrogen-bond donors (Lipinski definition) is 2. The van der Waals surface area contributed by atoms with E-state index < -0.39 is 11.3 Å². The molecule has 3 nitrogen and oxygen atoms in total. The van der Waals surface area contributed by atoms with Crippen LogP contribution in [0.3, 0.4) is 0 Å². The van der Waals surface area contributed by atoms with Crippen LogP contribution in [-0.4, -0.2) is 16.5 Å². The van der Waals surface area contributed by atoms with Crippen LogP contribution in [0.4, 0.5) is 0 Å². The van der Waals surface area contributed by atoms with Gasteiger partial charge in [-0.25, -0.2) is 4.99 Å². The Morgan fingerprint density at radius 2 is 1.80 bits per heavy atom. The first-order valence-corrected chi connectivity index (χ1v) is 5.08. The smallest absolute Gasteiger partial charge is 0.206 e. The molecule has 1 unspecified atom stereocenters. The fourth-order valence-corrected chi connectivity index (χ4v) is 2.05. The largest absolute Gasteiger partial charge is 0.364 e. The summed E-state index contributed by atoms with van der Waals surface area (Å²) in [6.45, 7) is 5.75. The number of rotatable bonds is 1. The van der Waals surface area contributed by atoms with Gasteiger partial charge in [0.1, 0.15) is 0 Å². The van der Waals surface area contributed by atoms with E-state index in [2.05, 4.69) is 10.3 Å². The van der Waals surface area contributed by atoms with Crippen molar-refractivity contribution in [1.82, 2.24) is 5.32 Å². The van der Waals surface area contributed by atoms with Crippen LogP contribution in [0.15, 0.2) is 35.3 Å². The van der Waals surface area contributed by atoms with Crippen molar-refractivity contribution in [1.29, 1.82) is 0 Å². The SMILES string of the molecule is CC1=NC(O)(c2ccccc2)C(C)(C)N1. The molecule has 80 valence electrons. The zero-order chi connectivity index (χ0) is 11.1. The minimum atomic E-state index is -1.17. The number of aliphatic hydroxyl groups is 1. The first kappa shape index (κ1) is 10.2. The summed E-state index contributed by atoms with van der Waals surface area (Å²) in [5.74, 6) is 0.770. The molecule has 0 bridgehead atoms. The summed E-state index contributed by atoms with van der Waals surface area (Å²) in [6.07, 6.45) is 0. The molecule has 0 saturated heterocycles. The Bertz CT molecular complexity index is 397. The third-order valence-electron chi connectivity index (χ3n) is 2.87. The third kappa shape index (κ3) is 1.43. The maximum absolute atomic E-state index is 10.6. The van der Waals surface area contributed by atoms with Crippen molar-refractivity contribution in [3.05, 3.63) is 35.9 Å². The predicted octanol–water partition coefficient (Wildman–Crippen LogP) is 1.63. The van der Waals surface area contributed by atoms with Gasteiger partial charge >= 0.3 is 0 Å². The highest BCUT2D eigenvalue weighted by Crippen LogP contribution is 2.37. The van der Waals surface area contributed by atoms with Gasteiger partial charge in [-0.2, -0.15) is 0 Å². The Kier molecular flexibility index (Phi) is 2.08. The number of aliphatic imine (C=N–C) groups is 1. The maximum Gasteiger partial charge on any atom is 0.206 e. The second kappa shape index (κ2) is 3.07. The number of nitrogens with zero attached hydrogens (tertiary/aromatic N) is 1.